The molecule has 3 aromatic rings. The summed E-state index contributed by atoms with van der Waals surface area (Å²) in [5.41, 5.74) is -7.66. The van der Waals surface area contributed by atoms with Gasteiger partial charge in [-0.05, 0) is 11.5 Å². The van der Waals surface area contributed by atoms with Crippen molar-refractivity contribution in [2.45, 2.75) is 18.0 Å². The third-order valence-electron chi connectivity index (χ3n) is 4.16. The predicted octanol–water partition coefficient (Wildman–Crippen LogP) is 5.00. The van der Waals surface area contributed by atoms with E-state index in [2.05, 4.69) is 0 Å². The first-order valence-corrected chi connectivity index (χ1v) is 7.68. The number of rotatable bonds is 3. The number of carbonyl (C=O) groups is 1. The van der Waals surface area contributed by atoms with E-state index in [0.717, 1.165) is 18.6 Å². The van der Waals surface area contributed by atoms with E-state index in [1.807, 2.05) is 5.32 Å². The number of nitrogens with one attached hydrogen (secondary N) is 1. The average molecular weight is 403 g/mol. The Morgan fingerprint density at radius 1 is 0.929 bits per heavy atom. The lowest BCUT2D eigenvalue weighted by atomic mass is 9.88. The number of benzene rings is 2. The quantitative estimate of drug-likeness (QED) is 0.606. The van der Waals surface area contributed by atoms with Crippen molar-refractivity contribution in [3.63, 3.8) is 0 Å². The Kier molecular flexibility index (Phi) is 4.62. The number of aliphatic hydroxyl groups is 1. The standard InChI is InChI=1S/C18H11F6NO3/c19-17(20,21)16(27,18(22,23)24)13-6-5-10-3-1-2-4-12(10)14(13)25-15(26)11-7-8-28-9-11/h1-9,27H,(H,25,26). The number of alkyl halides is 6. The second-order valence-corrected chi connectivity index (χ2v) is 5.88. The molecule has 0 aliphatic heterocycles. The minimum atomic E-state index is -6.09. The van der Waals surface area contributed by atoms with Gasteiger partial charge in [-0.2, -0.15) is 26.3 Å². The van der Waals surface area contributed by atoms with Gasteiger partial charge in [-0.15, -0.1) is 0 Å². The van der Waals surface area contributed by atoms with Gasteiger partial charge >= 0.3 is 12.4 Å². The molecule has 0 saturated carbocycles. The van der Waals surface area contributed by atoms with E-state index in [-0.39, 0.29) is 16.3 Å². The number of halogens is 6. The van der Waals surface area contributed by atoms with Crippen LogP contribution in [0, 0.1) is 0 Å². The van der Waals surface area contributed by atoms with Gasteiger partial charge in [-0.1, -0.05) is 36.4 Å². The first-order valence-electron chi connectivity index (χ1n) is 7.68. The van der Waals surface area contributed by atoms with Crippen LogP contribution in [0.3, 0.4) is 0 Å². The molecule has 28 heavy (non-hydrogen) atoms. The van der Waals surface area contributed by atoms with Crippen molar-refractivity contribution in [2.75, 3.05) is 5.32 Å². The normalized spacial score (nSPS) is 13.0. The summed E-state index contributed by atoms with van der Waals surface area (Å²) in [6.07, 6.45) is -10.1. The van der Waals surface area contributed by atoms with Crippen LogP contribution in [0.2, 0.25) is 0 Å². The average Bonchev–Trinajstić information content (AvgIpc) is 3.14. The first-order chi connectivity index (χ1) is 13.0. The third-order valence-corrected chi connectivity index (χ3v) is 4.16. The Hall–Kier alpha value is -3.01. The molecule has 0 aliphatic carbocycles. The number of anilines is 1. The van der Waals surface area contributed by atoms with Gasteiger partial charge < -0.3 is 14.8 Å². The molecule has 1 aromatic heterocycles. The van der Waals surface area contributed by atoms with Crippen LogP contribution < -0.4 is 5.32 Å². The fourth-order valence-corrected chi connectivity index (χ4v) is 2.75. The maximum absolute atomic E-state index is 13.4. The van der Waals surface area contributed by atoms with Crippen LogP contribution in [0.25, 0.3) is 10.8 Å². The zero-order valence-corrected chi connectivity index (χ0v) is 13.7. The van der Waals surface area contributed by atoms with Crippen LogP contribution in [-0.2, 0) is 5.60 Å². The topological polar surface area (TPSA) is 62.5 Å². The molecule has 0 unspecified atom stereocenters. The Bertz CT molecular complexity index is 994. The molecule has 148 valence electrons. The maximum Gasteiger partial charge on any atom is 0.430 e. The van der Waals surface area contributed by atoms with Crippen molar-refractivity contribution in [3.8, 4) is 0 Å². The molecule has 0 bridgehead atoms. The fraction of sp³-hybridized carbons (Fsp3) is 0.167. The molecule has 1 heterocycles. The van der Waals surface area contributed by atoms with Gasteiger partial charge in [-0.3, -0.25) is 4.79 Å². The SMILES string of the molecule is O=C(Nc1c(C(O)(C(F)(F)F)C(F)(F)F)ccc2ccccc12)c1ccoc1. The highest BCUT2D eigenvalue weighted by molar-refractivity contribution is 6.10. The molecule has 0 atom stereocenters. The van der Waals surface area contributed by atoms with Gasteiger partial charge in [-0.25, -0.2) is 0 Å². The van der Waals surface area contributed by atoms with Crippen LogP contribution in [-0.4, -0.2) is 23.4 Å². The maximum atomic E-state index is 13.4. The summed E-state index contributed by atoms with van der Waals surface area (Å²) in [5.74, 6) is -1.00. The number of furan rings is 1. The highest BCUT2D eigenvalue weighted by Gasteiger charge is 2.72. The van der Waals surface area contributed by atoms with Crippen molar-refractivity contribution in [1.29, 1.82) is 0 Å². The molecule has 1 amide bonds. The van der Waals surface area contributed by atoms with E-state index in [1.54, 1.807) is 0 Å². The highest BCUT2D eigenvalue weighted by atomic mass is 19.4. The summed E-state index contributed by atoms with van der Waals surface area (Å²) < 4.78 is 85.0. The van der Waals surface area contributed by atoms with E-state index in [0.29, 0.717) is 6.07 Å². The molecule has 0 radical (unpaired) electrons. The van der Waals surface area contributed by atoms with Gasteiger partial charge in [0.1, 0.15) is 6.26 Å². The number of hydrogen-bond donors (Lipinski definition) is 2. The van der Waals surface area contributed by atoms with E-state index in [9.17, 15) is 36.2 Å². The van der Waals surface area contributed by atoms with Gasteiger partial charge in [0.05, 0.1) is 17.5 Å². The van der Waals surface area contributed by atoms with Gasteiger partial charge in [0.25, 0.3) is 11.5 Å². The van der Waals surface area contributed by atoms with Gasteiger partial charge in [0.2, 0.25) is 0 Å². The van der Waals surface area contributed by atoms with Crippen LogP contribution >= 0.6 is 0 Å². The minimum absolute atomic E-state index is 0.108. The Labute approximate surface area is 153 Å². The first kappa shape index (κ1) is 19.7. The van der Waals surface area contributed by atoms with Crippen LogP contribution in [0.4, 0.5) is 32.0 Å². The second kappa shape index (κ2) is 6.55. The smallest absolute Gasteiger partial charge is 0.430 e. The zero-order valence-electron chi connectivity index (χ0n) is 13.7. The summed E-state index contributed by atoms with van der Waals surface area (Å²) in [5, 5.41) is 12.0. The largest absolute Gasteiger partial charge is 0.472 e. The lowest BCUT2D eigenvalue weighted by Crippen LogP contribution is -2.54. The minimum Gasteiger partial charge on any atom is -0.472 e. The number of carbonyl (C=O) groups excluding carboxylic acids is 1. The summed E-state index contributed by atoms with van der Waals surface area (Å²) in [7, 11) is 0. The molecule has 10 heteroatoms. The molecule has 0 spiro atoms. The van der Waals surface area contributed by atoms with Crippen molar-refractivity contribution < 1.29 is 40.7 Å². The molecule has 0 saturated heterocycles. The number of hydrogen-bond acceptors (Lipinski definition) is 3. The molecule has 2 N–H and O–H groups in total. The van der Waals surface area contributed by atoms with E-state index in [1.165, 1.54) is 30.3 Å². The summed E-state index contributed by atoms with van der Waals surface area (Å²) in [6.45, 7) is 0. The Morgan fingerprint density at radius 2 is 1.57 bits per heavy atom. The van der Waals surface area contributed by atoms with Gasteiger partial charge in [0.15, 0.2) is 0 Å². The highest BCUT2D eigenvalue weighted by Crippen LogP contribution is 2.53. The fourth-order valence-electron chi connectivity index (χ4n) is 2.75. The molecule has 0 aliphatic rings. The number of amides is 1. The van der Waals surface area contributed by atoms with E-state index in [4.69, 9.17) is 4.42 Å². The van der Waals surface area contributed by atoms with E-state index < -0.39 is 35.1 Å². The van der Waals surface area contributed by atoms with Crippen LogP contribution in [0.15, 0.2) is 59.4 Å². The Balaban J connectivity index is 2.29. The van der Waals surface area contributed by atoms with Crippen LogP contribution in [0.5, 0.6) is 0 Å². The monoisotopic (exact) mass is 403 g/mol. The second-order valence-electron chi connectivity index (χ2n) is 5.88. The third kappa shape index (κ3) is 3.09. The van der Waals surface area contributed by atoms with Crippen LogP contribution in [0.1, 0.15) is 15.9 Å². The predicted molar refractivity (Wildman–Crippen MR) is 86.6 cm³/mol. The van der Waals surface area contributed by atoms with Crippen molar-refractivity contribution in [1.82, 2.24) is 0 Å². The molecule has 3 rings (SSSR count). The molecule has 0 fully saturated rings. The molecule has 2 aromatic carbocycles. The molecular formula is C18H11F6NO3. The zero-order chi connectivity index (χ0) is 20.7. The molecular weight excluding hydrogens is 392 g/mol. The number of fused-ring (bicyclic) bond motifs is 1. The molecule has 4 nitrogen and oxygen atoms in total. The lowest BCUT2D eigenvalue weighted by Gasteiger charge is -2.34. The lowest BCUT2D eigenvalue weighted by molar-refractivity contribution is -0.375. The summed E-state index contributed by atoms with van der Waals surface area (Å²) in [6, 6.07) is 8.24. The summed E-state index contributed by atoms with van der Waals surface area (Å²) >= 11 is 0. The van der Waals surface area contributed by atoms with Crippen molar-refractivity contribution in [3.05, 3.63) is 66.1 Å². The Morgan fingerprint density at radius 3 is 2.14 bits per heavy atom. The van der Waals surface area contributed by atoms with E-state index >= 15 is 0 Å². The van der Waals surface area contributed by atoms with Crippen molar-refractivity contribution in [2.24, 2.45) is 0 Å². The summed E-state index contributed by atoms with van der Waals surface area (Å²) in [4.78, 5) is 12.3. The van der Waals surface area contributed by atoms with Crippen molar-refractivity contribution >= 4 is 22.4 Å². The van der Waals surface area contributed by atoms with Gasteiger partial charge in [0, 0.05) is 10.9 Å².